The van der Waals surface area contributed by atoms with Crippen LogP contribution in [0.2, 0.25) is 0 Å². The van der Waals surface area contributed by atoms with E-state index in [1.165, 1.54) is 0 Å². The average molecular weight is 656 g/mol. The molecule has 2 amide bonds. The number of anilines is 1. The lowest BCUT2D eigenvalue weighted by Gasteiger charge is -2.39. The molecule has 10 nitrogen and oxygen atoms in total. The lowest BCUT2D eigenvalue weighted by molar-refractivity contribution is -0.124. The number of rotatable bonds is 10. The van der Waals surface area contributed by atoms with Crippen LogP contribution in [-0.2, 0) is 9.53 Å². The highest BCUT2D eigenvalue weighted by Crippen LogP contribution is 2.41. The standard InChI is InChI=1S/C38H49N5O5/c1-4-25-20-42(21-25)38(45)48-31-13-11-29(12-14-31)37(44)43(35-19-30(17-18-39-35)33-23-47-36(41-33)28-9-10-28)22-26-5-7-27(8-6-26)32-15-16-34(46-3)24(2)40-32/h15-19,23,25-29,31H,4-14,20-22H2,1-3H3. The summed E-state index contributed by atoms with van der Waals surface area (Å²) in [4.78, 5) is 45.1. The Labute approximate surface area is 283 Å². The monoisotopic (exact) mass is 655 g/mol. The number of carbonyl (C=O) groups is 2. The van der Waals surface area contributed by atoms with Crippen LogP contribution in [0.3, 0.4) is 0 Å². The van der Waals surface area contributed by atoms with Crippen LogP contribution in [0, 0.1) is 24.7 Å². The number of ether oxygens (including phenoxy) is 2. The normalized spacial score (nSPS) is 24.5. The van der Waals surface area contributed by atoms with Gasteiger partial charge in [0.05, 0.1) is 12.8 Å². The maximum absolute atomic E-state index is 14.4. The number of amides is 2. The summed E-state index contributed by atoms with van der Waals surface area (Å²) in [7, 11) is 1.68. The molecule has 7 rings (SSSR count). The summed E-state index contributed by atoms with van der Waals surface area (Å²) in [5.74, 6) is 4.06. The van der Waals surface area contributed by atoms with Gasteiger partial charge in [-0.15, -0.1) is 0 Å². The Balaban J connectivity index is 1.03. The molecule has 1 aliphatic heterocycles. The summed E-state index contributed by atoms with van der Waals surface area (Å²) in [6.07, 6.45) is 13.4. The van der Waals surface area contributed by atoms with Gasteiger partial charge in [-0.2, -0.15) is 0 Å². The largest absolute Gasteiger partial charge is 0.495 e. The molecule has 1 saturated heterocycles. The van der Waals surface area contributed by atoms with E-state index in [-0.39, 0.29) is 24.0 Å². The molecule has 10 heteroatoms. The number of likely N-dealkylation sites (tertiary alicyclic amines) is 1. The van der Waals surface area contributed by atoms with E-state index in [4.69, 9.17) is 28.8 Å². The molecule has 4 fully saturated rings. The van der Waals surface area contributed by atoms with E-state index in [1.54, 1.807) is 24.5 Å². The zero-order valence-corrected chi connectivity index (χ0v) is 28.6. The molecule has 0 bridgehead atoms. The number of methoxy groups -OCH3 is 1. The first-order chi connectivity index (χ1) is 23.4. The molecule has 4 aliphatic rings. The second-order valence-corrected chi connectivity index (χ2v) is 14.5. The number of aryl methyl sites for hydroxylation is 1. The van der Waals surface area contributed by atoms with Crippen molar-refractivity contribution >= 4 is 17.8 Å². The van der Waals surface area contributed by atoms with Crippen LogP contribution in [0.1, 0.15) is 107 Å². The molecule has 0 spiro atoms. The third-order valence-electron chi connectivity index (χ3n) is 11.1. The Morgan fingerprint density at radius 3 is 2.38 bits per heavy atom. The van der Waals surface area contributed by atoms with Gasteiger partial charge in [0.1, 0.15) is 29.6 Å². The zero-order chi connectivity index (χ0) is 33.2. The summed E-state index contributed by atoms with van der Waals surface area (Å²) < 4.78 is 17.1. The minimum atomic E-state index is -0.203. The van der Waals surface area contributed by atoms with Crippen LogP contribution in [0.15, 0.2) is 41.1 Å². The van der Waals surface area contributed by atoms with Crippen LogP contribution in [0.4, 0.5) is 10.6 Å². The molecule has 3 saturated carbocycles. The number of nitrogens with zero attached hydrogens (tertiary/aromatic N) is 5. The fraction of sp³-hybridized carbons (Fsp3) is 0.605. The molecule has 0 N–H and O–H groups in total. The van der Waals surface area contributed by atoms with E-state index < -0.39 is 0 Å². The van der Waals surface area contributed by atoms with Crippen molar-refractivity contribution in [2.45, 2.75) is 102 Å². The van der Waals surface area contributed by atoms with Crippen molar-refractivity contribution in [3.63, 3.8) is 0 Å². The van der Waals surface area contributed by atoms with Gasteiger partial charge in [-0.1, -0.05) is 6.92 Å². The number of hydrogen-bond acceptors (Lipinski definition) is 8. The van der Waals surface area contributed by atoms with E-state index in [2.05, 4.69) is 13.0 Å². The van der Waals surface area contributed by atoms with Gasteiger partial charge in [-0.25, -0.2) is 14.8 Å². The van der Waals surface area contributed by atoms with Crippen LogP contribution in [0.5, 0.6) is 5.75 Å². The average Bonchev–Trinajstić information content (AvgIpc) is 3.82. The molecule has 4 heterocycles. The first-order valence-electron chi connectivity index (χ1n) is 18.1. The fourth-order valence-corrected chi connectivity index (χ4v) is 7.71. The Kier molecular flexibility index (Phi) is 9.69. The molecule has 256 valence electrons. The number of pyridine rings is 2. The maximum Gasteiger partial charge on any atom is 0.410 e. The molecule has 3 aromatic heterocycles. The van der Waals surface area contributed by atoms with E-state index in [9.17, 15) is 9.59 Å². The molecule has 3 aromatic rings. The third-order valence-corrected chi connectivity index (χ3v) is 11.1. The lowest BCUT2D eigenvalue weighted by atomic mass is 9.79. The molecular formula is C38H49N5O5. The fourth-order valence-electron chi connectivity index (χ4n) is 7.71. The van der Waals surface area contributed by atoms with E-state index in [0.29, 0.717) is 61.7 Å². The number of carbonyl (C=O) groups excluding carboxylic acids is 2. The Bertz CT molecular complexity index is 1580. The number of hydrogen-bond donors (Lipinski definition) is 0. The maximum atomic E-state index is 14.4. The van der Waals surface area contributed by atoms with Crippen molar-refractivity contribution in [2.75, 3.05) is 31.6 Å². The lowest BCUT2D eigenvalue weighted by Crippen LogP contribution is -2.50. The molecule has 0 unspecified atom stereocenters. The van der Waals surface area contributed by atoms with Crippen LogP contribution in [-0.4, -0.2) is 64.7 Å². The van der Waals surface area contributed by atoms with E-state index in [1.807, 2.05) is 30.0 Å². The Hall–Kier alpha value is -3.95. The first kappa shape index (κ1) is 32.6. The van der Waals surface area contributed by atoms with Crippen molar-refractivity contribution in [1.29, 1.82) is 0 Å². The minimum absolute atomic E-state index is 0.117. The summed E-state index contributed by atoms with van der Waals surface area (Å²) in [5, 5.41) is 0. The molecule has 0 atom stereocenters. The predicted octanol–water partition coefficient (Wildman–Crippen LogP) is 7.67. The van der Waals surface area contributed by atoms with Crippen molar-refractivity contribution in [2.24, 2.45) is 17.8 Å². The quantitative estimate of drug-likeness (QED) is 0.219. The molecule has 0 aromatic carbocycles. The second kappa shape index (κ2) is 14.3. The molecule has 0 radical (unpaired) electrons. The molecule has 3 aliphatic carbocycles. The van der Waals surface area contributed by atoms with E-state index in [0.717, 1.165) is 92.3 Å². The van der Waals surface area contributed by atoms with Crippen LogP contribution >= 0.6 is 0 Å². The number of aromatic nitrogens is 3. The van der Waals surface area contributed by atoms with E-state index >= 15 is 0 Å². The summed E-state index contributed by atoms with van der Waals surface area (Å²) in [6.45, 7) is 6.37. The summed E-state index contributed by atoms with van der Waals surface area (Å²) in [5.41, 5.74) is 3.74. The minimum Gasteiger partial charge on any atom is -0.495 e. The topological polar surface area (TPSA) is 111 Å². The van der Waals surface area contributed by atoms with Crippen molar-refractivity contribution in [1.82, 2.24) is 19.9 Å². The van der Waals surface area contributed by atoms with Crippen molar-refractivity contribution in [3.05, 3.63) is 54.0 Å². The highest BCUT2D eigenvalue weighted by molar-refractivity contribution is 5.94. The van der Waals surface area contributed by atoms with Gasteiger partial charge in [0, 0.05) is 54.8 Å². The highest BCUT2D eigenvalue weighted by atomic mass is 16.6. The first-order valence-corrected chi connectivity index (χ1v) is 18.1. The van der Waals surface area contributed by atoms with Gasteiger partial charge < -0.3 is 18.8 Å². The van der Waals surface area contributed by atoms with Crippen LogP contribution < -0.4 is 9.64 Å². The van der Waals surface area contributed by atoms with Crippen LogP contribution in [0.25, 0.3) is 11.3 Å². The summed E-state index contributed by atoms with van der Waals surface area (Å²) >= 11 is 0. The smallest absolute Gasteiger partial charge is 0.410 e. The highest BCUT2D eigenvalue weighted by Gasteiger charge is 2.37. The van der Waals surface area contributed by atoms with Gasteiger partial charge in [0.15, 0.2) is 5.89 Å². The molecular weight excluding hydrogens is 606 g/mol. The van der Waals surface area contributed by atoms with Gasteiger partial charge in [-0.05, 0) is 114 Å². The number of oxazole rings is 1. The van der Waals surface area contributed by atoms with Gasteiger partial charge in [-0.3, -0.25) is 14.7 Å². The molecule has 48 heavy (non-hydrogen) atoms. The zero-order valence-electron chi connectivity index (χ0n) is 28.6. The van der Waals surface area contributed by atoms with Gasteiger partial charge >= 0.3 is 6.09 Å². The SMILES string of the molecule is CCC1CN(C(=O)OC2CCC(C(=O)N(CC3CCC(c4ccc(OC)c(C)n4)CC3)c3cc(-c4coc(C5CC5)n4)ccn3)CC2)C1. The predicted molar refractivity (Wildman–Crippen MR) is 182 cm³/mol. The van der Waals surface area contributed by atoms with Gasteiger partial charge in [0.2, 0.25) is 5.91 Å². The van der Waals surface area contributed by atoms with Gasteiger partial charge in [0.25, 0.3) is 0 Å². The second-order valence-electron chi connectivity index (χ2n) is 14.5. The summed E-state index contributed by atoms with van der Waals surface area (Å²) in [6, 6.07) is 8.05. The third kappa shape index (κ3) is 7.22. The van der Waals surface area contributed by atoms with Crippen molar-refractivity contribution in [3.8, 4) is 17.0 Å². The van der Waals surface area contributed by atoms with Crippen molar-refractivity contribution < 1.29 is 23.5 Å². The Morgan fingerprint density at radius 1 is 0.938 bits per heavy atom. The Morgan fingerprint density at radius 2 is 1.69 bits per heavy atom.